The van der Waals surface area contributed by atoms with Crippen molar-refractivity contribution in [1.29, 1.82) is 0 Å². The number of hydrogen-bond donors (Lipinski definition) is 2. The van der Waals surface area contributed by atoms with Gasteiger partial charge in [0.2, 0.25) is 0 Å². The lowest BCUT2D eigenvalue weighted by atomic mass is 10.0. The van der Waals surface area contributed by atoms with Crippen molar-refractivity contribution < 1.29 is 0 Å². The summed E-state index contributed by atoms with van der Waals surface area (Å²) in [4.78, 5) is 1.26. The highest BCUT2D eigenvalue weighted by Gasteiger charge is 2.22. The van der Waals surface area contributed by atoms with Crippen LogP contribution in [0.25, 0.3) is 0 Å². The highest BCUT2D eigenvalue weighted by Crippen LogP contribution is 2.32. The molecule has 17 heavy (non-hydrogen) atoms. The molecule has 1 unspecified atom stereocenters. The summed E-state index contributed by atoms with van der Waals surface area (Å²) in [5, 5.41) is 6.54. The number of hydrazine groups is 1. The maximum Gasteiger partial charge on any atom is 0.0840 e. The highest BCUT2D eigenvalue weighted by atomic mass is 32.1. The number of aryl methyl sites for hydroxylation is 3. The lowest BCUT2D eigenvalue weighted by molar-refractivity contribution is 0.635. The Morgan fingerprint density at radius 2 is 2.12 bits per heavy atom. The van der Waals surface area contributed by atoms with Gasteiger partial charge >= 0.3 is 0 Å². The molecule has 0 fully saturated rings. The second-order valence-electron chi connectivity index (χ2n) is 4.28. The molecule has 0 aliphatic heterocycles. The van der Waals surface area contributed by atoms with Crippen molar-refractivity contribution >= 4 is 11.3 Å². The first-order chi connectivity index (χ1) is 8.06. The number of aromatic nitrogens is 2. The summed E-state index contributed by atoms with van der Waals surface area (Å²) < 4.78 is 1.90. The van der Waals surface area contributed by atoms with Crippen molar-refractivity contribution in [2.75, 3.05) is 0 Å². The van der Waals surface area contributed by atoms with Crippen LogP contribution in [0.4, 0.5) is 0 Å². The second kappa shape index (κ2) is 4.60. The molecule has 0 aromatic carbocycles. The van der Waals surface area contributed by atoms with Gasteiger partial charge in [0.05, 0.1) is 11.7 Å². The molecule has 0 saturated carbocycles. The van der Waals surface area contributed by atoms with Crippen molar-refractivity contribution in [1.82, 2.24) is 15.2 Å². The van der Waals surface area contributed by atoms with Gasteiger partial charge in [-0.25, -0.2) is 5.43 Å². The Bertz CT molecular complexity index is 527. The van der Waals surface area contributed by atoms with E-state index in [0.717, 1.165) is 11.4 Å². The Morgan fingerprint density at radius 3 is 2.53 bits per heavy atom. The van der Waals surface area contributed by atoms with Crippen molar-refractivity contribution in [2.45, 2.75) is 26.8 Å². The van der Waals surface area contributed by atoms with Crippen LogP contribution >= 0.6 is 11.3 Å². The minimum absolute atomic E-state index is 0.0312. The molecule has 92 valence electrons. The summed E-state index contributed by atoms with van der Waals surface area (Å²) in [7, 11) is 1.96. The summed E-state index contributed by atoms with van der Waals surface area (Å²) >= 11 is 1.72. The van der Waals surface area contributed by atoms with Crippen LogP contribution in [-0.4, -0.2) is 9.78 Å². The summed E-state index contributed by atoms with van der Waals surface area (Å²) in [5.74, 6) is 5.73. The smallest absolute Gasteiger partial charge is 0.0840 e. The quantitative estimate of drug-likeness (QED) is 0.647. The van der Waals surface area contributed by atoms with Gasteiger partial charge in [0.15, 0.2) is 0 Å². The molecule has 0 spiro atoms. The average molecular weight is 250 g/mol. The van der Waals surface area contributed by atoms with Gasteiger partial charge in [0, 0.05) is 23.2 Å². The molecule has 4 nitrogen and oxygen atoms in total. The number of hydrogen-bond acceptors (Lipinski definition) is 4. The molecule has 5 heteroatoms. The van der Waals surface area contributed by atoms with Gasteiger partial charge in [0.1, 0.15) is 0 Å². The average Bonchev–Trinajstić information content (AvgIpc) is 2.79. The largest absolute Gasteiger partial charge is 0.272 e. The zero-order valence-electron chi connectivity index (χ0n) is 10.6. The summed E-state index contributed by atoms with van der Waals surface area (Å²) in [6.45, 7) is 6.20. The normalized spacial score (nSPS) is 13.0. The zero-order valence-corrected chi connectivity index (χ0v) is 11.4. The fourth-order valence-electron chi connectivity index (χ4n) is 2.18. The molecule has 0 saturated heterocycles. The molecule has 0 aliphatic carbocycles. The topological polar surface area (TPSA) is 55.9 Å². The van der Waals surface area contributed by atoms with Crippen LogP contribution in [0.15, 0.2) is 11.4 Å². The minimum atomic E-state index is 0.0312. The molecule has 2 aromatic heterocycles. The van der Waals surface area contributed by atoms with Crippen LogP contribution in [-0.2, 0) is 7.05 Å². The van der Waals surface area contributed by atoms with Crippen molar-refractivity contribution in [3.05, 3.63) is 38.8 Å². The van der Waals surface area contributed by atoms with Crippen LogP contribution in [0.2, 0.25) is 0 Å². The fraction of sp³-hybridized carbons (Fsp3) is 0.417. The van der Waals surface area contributed by atoms with E-state index in [1.54, 1.807) is 11.3 Å². The molecule has 0 radical (unpaired) electrons. The number of nitrogens with one attached hydrogen (secondary N) is 1. The van der Waals surface area contributed by atoms with Gasteiger partial charge in [-0.2, -0.15) is 5.10 Å². The van der Waals surface area contributed by atoms with Gasteiger partial charge in [0.25, 0.3) is 0 Å². The second-order valence-corrected chi connectivity index (χ2v) is 5.22. The van der Waals surface area contributed by atoms with Crippen molar-refractivity contribution in [3.8, 4) is 0 Å². The van der Waals surface area contributed by atoms with E-state index in [1.807, 2.05) is 18.7 Å². The molecule has 1 atom stereocenters. The highest BCUT2D eigenvalue weighted by molar-refractivity contribution is 7.10. The van der Waals surface area contributed by atoms with Crippen molar-refractivity contribution in [3.63, 3.8) is 0 Å². The van der Waals surface area contributed by atoms with E-state index in [9.17, 15) is 0 Å². The number of rotatable bonds is 3. The third-order valence-electron chi connectivity index (χ3n) is 3.18. The van der Waals surface area contributed by atoms with Crippen LogP contribution < -0.4 is 11.3 Å². The molecular formula is C12H18N4S. The summed E-state index contributed by atoms with van der Waals surface area (Å²) in [6.07, 6.45) is 0. The maximum absolute atomic E-state index is 5.73. The minimum Gasteiger partial charge on any atom is -0.272 e. The lowest BCUT2D eigenvalue weighted by Gasteiger charge is -2.16. The van der Waals surface area contributed by atoms with Gasteiger partial charge in [-0.15, -0.1) is 11.3 Å². The number of nitrogens with zero attached hydrogens (tertiary/aromatic N) is 2. The standard InChI is InChI=1S/C12H18N4S/c1-7-5-6-17-12(7)11(14-13)10-8(2)15-16(4)9(10)3/h5-6,11,14H,13H2,1-4H3. The van der Waals surface area contributed by atoms with Gasteiger partial charge < -0.3 is 0 Å². The number of nitrogens with two attached hydrogens (primary N) is 1. The fourth-order valence-corrected chi connectivity index (χ4v) is 3.17. The third-order valence-corrected chi connectivity index (χ3v) is 4.27. The van der Waals surface area contributed by atoms with Crippen LogP contribution in [0.1, 0.15) is 33.4 Å². The molecule has 2 heterocycles. The van der Waals surface area contributed by atoms with E-state index in [-0.39, 0.29) is 6.04 Å². The molecule has 2 aromatic rings. The predicted molar refractivity (Wildman–Crippen MR) is 70.9 cm³/mol. The first-order valence-electron chi connectivity index (χ1n) is 5.56. The van der Waals surface area contributed by atoms with Crippen LogP contribution in [0.3, 0.4) is 0 Å². The predicted octanol–water partition coefficient (Wildman–Crippen LogP) is 1.96. The summed E-state index contributed by atoms with van der Waals surface area (Å²) in [5.41, 5.74) is 7.54. The molecule has 0 bridgehead atoms. The van der Waals surface area contributed by atoms with Crippen LogP contribution in [0, 0.1) is 20.8 Å². The van der Waals surface area contributed by atoms with E-state index in [4.69, 9.17) is 5.84 Å². The summed E-state index contributed by atoms with van der Waals surface area (Å²) in [6, 6.07) is 2.15. The Balaban J connectivity index is 2.53. The Labute approximate surface area is 105 Å². The molecule has 0 amide bonds. The molecular weight excluding hydrogens is 232 g/mol. The first-order valence-corrected chi connectivity index (χ1v) is 6.44. The van der Waals surface area contributed by atoms with E-state index >= 15 is 0 Å². The lowest BCUT2D eigenvalue weighted by Crippen LogP contribution is -2.29. The van der Waals surface area contributed by atoms with E-state index < -0.39 is 0 Å². The molecule has 2 rings (SSSR count). The van der Waals surface area contributed by atoms with Crippen molar-refractivity contribution in [2.24, 2.45) is 12.9 Å². The van der Waals surface area contributed by atoms with E-state index in [1.165, 1.54) is 16.0 Å². The Hall–Kier alpha value is -1.17. The van der Waals surface area contributed by atoms with E-state index in [0.29, 0.717) is 0 Å². The van der Waals surface area contributed by atoms with Gasteiger partial charge in [-0.1, -0.05) is 0 Å². The molecule has 3 N–H and O–H groups in total. The van der Waals surface area contributed by atoms with Crippen LogP contribution in [0.5, 0.6) is 0 Å². The Morgan fingerprint density at radius 1 is 1.41 bits per heavy atom. The maximum atomic E-state index is 5.73. The monoisotopic (exact) mass is 250 g/mol. The third kappa shape index (κ3) is 2.01. The van der Waals surface area contributed by atoms with E-state index in [2.05, 4.69) is 35.8 Å². The SMILES string of the molecule is Cc1ccsc1C(NN)c1c(C)nn(C)c1C. The Kier molecular flexibility index (Phi) is 3.33. The zero-order chi connectivity index (χ0) is 12.6. The van der Waals surface area contributed by atoms with Gasteiger partial charge in [-0.3, -0.25) is 10.5 Å². The van der Waals surface area contributed by atoms with Gasteiger partial charge in [-0.05, 0) is 37.8 Å². The molecule has 0 aliphatic rings. The first kappa shape index (κ1) is 12.3. The number of thiophene rings is 1.